The second kappa shape index (κ2) is 3.74. The standard InChI is InChI=1S/C14H13F3O2/c15-14(16,17)10-3-1-9(2-4-10)13-6-5-8(7-13)11(13)12(18)19/h1-4,8,11H,5-7H2,(H,18,19)/t8-,11-,13+/m1/s1. The summed E-state index contributed by atoms with van der Waals surface area (Å²) in [4.78, 5) is 11.3. The lowest BCUT2D eigenvalue weighted by Gasteiger charge is -2.45. The average Bonchev–Trinajstić information content (AvgIpc) is 2.86. The Kier molecular flexibility index (Phi) is 2.46. The molecule has 1 N–H and O–H groups in total. The SMILES string of the molecule is O=C(O)[C@H]1[C@@H]2CC[C@@]1(c1ccc(C(F)(F)F)cc1)C2. The van der Waals surface area contributed by atoms with E-state index in [0.29, 0.717) is 0 Å². The molecular formula is C14H13F3O2. The number of carbonyl (C=O) groups is 1. The Hall–Kier alpha value is -1.52. The summed E-state index contributed by atoms with van der Waals surface area (Å²) in [5.74, 6) is -1.06. The van der Waals surface area contributed by atoms with Crippen LogP contribution in [0.25, 0.3) is 0 Å². The van der Waals surface area contributed by atoms with Crippen molar-refractivity contribution in [3.05, 3.63) is 35.4 Å². The van der Waals surface area contributed by atoms with E-state index in [2.05, 4.69) is 0 Å². The van der Waals surface area contributed by atoms with Crippen LogP contribution in [0.15, 0.2) is 24.3 Å². The molecule has 0 aromatic heterocycles. The second-order valence-corrected chi connectivity index (χ2v) is 5.55. The highest BCUT2D eigenvalue weighted by atomic mass is 19.4. The number of fused-ring (bicyclic) bond motifs is 1. The number of carboxylic acids is 1. The van der Waals surface area contributed by atoms with Crippen molar-refractivity contribution < 1.29 is 23.1 Å². The molecule has 1 aromatic rings. The van der Waals surface area contributed by atoms with Gasteiger partial charge in [-0.2, -0.15) is 13.2 Å². The molecule has 0 heterocycles. The van der Waals surface area contributed by atoms with Crippen LogP contribution in [-0.4, -0.2) is 11.1 Å². The number of carboxylic acid groups (broad SMARTS) is 1. The number of rotatable bonds is 2. The van der Waals surface area contributed by atoms with E-state index in [4.69, 9.17) is 0 Å². The molecule has 3 aliphatic rings. The van der Waals surface area contributed by atoms with Gasteiger partial charge in [-0.15, -0.1) is 0 Å². The number of alkyl halides is 3. The number of halogens is 3. The van der Waals surface area contributed by atoms with Gasteiger partial charge in [0.2, 0.25) is 0 Å². The monoisotopic (exact) mass is 270 g/mol. The first-order chi connectivity index (χ1) is 8.84. The second-order valence-electron chi connectivity index (χ2n) is 5.55. The van der Waals surface area contributed by atoms with Crippen molar-refractivity contribution in [3.63, 3.8) is 0 Å². The third kappa shape index (κ3) is 1.67. The van der Waals surface area contributed by atoms with Gasteiger partial charge in [0.15, 0.2) is 0 Å². The Morgan fingerprint density at radius 2 is 1.89 bits per heavy atom. The first kappa shape index (κ1) is 12.5. The van der Waals surface area contributed by atoms with E-state index in [1.165, 1.54) is 12.1 Å². The number of aliphatic carboxylic acids is 1. The summed E-state index contributed by atoms with van der Waals surface area (Å²) in [5.41, 5.74) is -0.379. The number of hydrogen-bond donors (Lipinski definition) is 1. The molecule has 3 atom stereocenters. The van der Waals surface area contributed by atoms with Gasteiger partial charge in [0.25, 0.3) is 0 Å². The summed E-state index contributed by atoms with van der Waals surface area (Å²) in [7, 11) is 0. The van der Waals surface area contributed by atoms with Crippen LogP contribution in [0.4, 0.5) is 13.2 Å². The Morgan fingerprint density at radius 3 is 2.37 bits per heavy atom. The van der Waals surface area contributed by atoms with Crippen LogP contribution in [0, 0.1) is 11.8 Å². The van der Waals surface area contributed by atoms with Gasteiger partial charge in [0.1, 0.15) is 0 Å². The predicted molar refractivity (Wildman–Crippen MR) is 61.6 cm³/mol. The fraction of sp³-hybridized carbons (Fsp3) is 0.500. The number of hydrogen-bond acceptors (Lipinski definition) is 1. The molecule has 0 saturated heterocycles. The van der Waals surface area contributed by atoms with Crippen LogP contribution < -0.4 is 0 Å². The van der Waals surface area contributed by atoms with Crippen LogP contribution >= 0.6 is 0 Å². The molecule has 1 aromatic carbocycles. The van der Waals surface area contributed by atoms with Crippen LogP contribution in [0.2, 0.25) is 0 Å². The fourth-order valence-electron chi connectivity index (χ4n) is 3.84. The van der Waals surface area contributed by atoms with Crippen molar-refractivity contribution in [3.8, 4) is 0 Å². The first-order valence-electron chi connectivity index (χ1n) is 6.25. The van der Waals surface area contributed by atoms with Crippen LogP contribution in [0.3, 0.4) is 0 Å². The Labute approximate surface area is 108 Å². The Morgan fingerprint density at radius 1 is 1.26 bits per heavy atom. The lowest BCUT2D eigenvalue weighted by molar-refractivity contribution is -0.150. The minimum atomic E-state index is -4.35. The van der Waals surface area contributed by atoms with E-state index in [0.717, 1.165) is 37.0 Å². The van der Waals surface area contributed by atoms with Gasteiger partial charge in [0.05, 0.1) is 11.5 Å². The van der Waals surface area contributed by atoms with E-state index in [1.54, 1.807) is 0 Å². The zero-order valence-corrected chi connectivity index (χ0v) is 10.1. The maximum atomic E-state index is 12.5. The normalized spacial score (nSPS) is 33.0. The summed E-state index contributed by atoms with van der Waals surface area (Å²) in [5, 5.41) is 9.24. The molecule has 4 rings (SSSR count). The van der Waals surface area contributed by atoms with Crippen molar-refractivity contribution in [2.24, 2.45) is 11.8 Å². The maximum absolute atomic E-state index is 12.5. The smallest absolute Gasteiger partial charge is 0.416 e. The largest absolute Gasteiger partial charge is 0.481 e. The van der Waals surface area contributed by atoms with Gasteiger partial charge >= 0.3 is 12.1 Å². The Bertz CT molecular complexity index is 516. The van der Waals surface area contributed by atoms with Gasteiger partial charge in [-0.3, -0.25) is 4.79 Å². The van der Waals surface area contributed by atoms with Gasteiger partial charge in [0, 0.05) is 5.41 Å². The van der Waals surface area contributed by atoms with Crippen molar-refractivity contribution >= 4 is 5.97 Å². The summed E-state index contributed by atoms with van der Waals surface area (Å²) in [6, 6.07) is 4.99. The van der Waals surface area contributed by atoms with E-state index in [9.17, 15) is 23.1 Å². The Balaban J connectivity index is 1.93. The number of benzene rings is 1. The third-order valence-corrected chi connectivity index (χ3v) is 4.71. The molecule has 0 aliphatic heterocycles. The molecule has 102 valence electrons. The molecule has 0 spiro atoms. The van der Waals surface area contributed by atoms with Crippen molar-refractivity contribution in [1.29, 1.82) is 0 Å². The highest BCUT2D eigenvalue weighted by molar-refractivity contribution is 5.75. The van der Waals surface area contributed by atoms with Crippen LogP contribution in [-0.2, 0) is 16.4 Å². The highest BCUT2D eigenvalue weighted by Crippen LogP contribution is 2.64. The molecule has 3 saturated carbocycles. The zero-order valence-electron chi connectivity index (χ0n) is 10.1. The van der Waals surface area contributed by atoms with E-state index < -0.39 is 29.0 Å². The molecule has 0 unspecified atom stereocenters. The maximum Gasteiger partial charge on any atom is 0.416 e. The molecule has 3 aliphatic carbocycles. The lowest BCUT2D eigenvalue weighted by atomic mass is 9.57. The van der Waals surface area contributed by atoms with Gasteiger partial charge in [-0.05, 0) is 42.9 Å². The lowest BCUT2D eigenvalue weighted by Crippen LogP contribution is -2.48. The van der Waals surface area contributed by atoms with Gasteiger partial charge in [-0.1, -0.05) is 12.1 Å². The van der Waals surface area contributed by atoms with Crippen LogP contribution in [0.1, 0.15) is 30.4 Å². The molecule has 3 fully saturated rings. The fourth-order valence-corrected chi connectivity index (χ4v) is 3.84. The van der Waals surface area contributed by atoms with E-state index in [1.807, 2.05) is 0 Å². The average molecular weight is 270 g/mol. The van der Waals surface area contributed by atoms with E-state index in [-0.39, 0.29) is 5.92 Å². The van der Waals surface area contributed by atoms with Crippen molar-refractivity contribution in [2.75, 3.05) is 0 Å². The quantitative estimate of drug-likeness (QED) is 0.893. The predicted octanol–water partition coefficient (Wildman–Crippen LogP) is 3.46. The molecule has 19 heavy (non-hydrogen) atoms. The minimum absolute atomic E-state index is 0.194. The summed E-state index contributed by atoms with van der Waals surface area (Å²) < 4.78 is 37.5. The molecular weight excluding hydrogens is 257 g/mol. The molecule has 5 heteroatoms. The third-order valence-electron chi connectivity index (χ3n) is 4.71. The van der Waals surface area contributed by atoms with Crippen LogP contribution in [0.5, 0.6) is 0 Å². The molecule has 0 amide bonds. The van der Waals surface area contributed by atoms with Crippen molar-refractivity contribution in [2.45, 2.75) is 30.9 Å². The summed E-state index contributed by atoms with van der Waals surface area (Å²) in [6.45, 7) is 0. The zero-order chi connectivity index (χ0) is 13.8. The van der Waals surface area contributed by atoms with Gasteiger partial charge < -0.3 is 5.11 Å². The molecule has 0 radical (unpaired) electrons. The summed E-state index contributed by atoms with van der Waals surface area (Å²) in [6.07, 6.45) is -1.94. The van der Waals surface area contributed by atoms with Gasteiger partial charge in [-0.25, -0.2) is 0 Å². The highest BCUT2D eigenvalue weighted by Gasteiger charge is 2.62. The van der Waals surface area contributed by atoms with Crippen molar-refractivity contribution in [1.82, 2.24) is 0 Å². The molecule has 2 bridgehead atoms. The van der Waals surface area contributed by atoms with E-state index >= 15 is 0 Å². The molecule has 2 nitrogen and oxygen atoms in total. The summed E-state index contributed by atoms with van der Waals surface area (Å²) >= 11 is 0. The minimum Gasteiger partial charge on any atom is -0.481 e. The topological polar surface area (TPSA) is 37.3 Å². The first-order valence-corrected chi connectivity index (χ1v) is 6.25.